The summed E-state index contributed by atoms with van der Waals surface area (Å²) in [5.74, 6) is 5.13. The van der Waals surface area contributed by atoms with Crippen LogP contribution in [0, 0.1) is 0 Å². The SMILES string of the molecule is CC[N+](CC)(CC)CC(O)NN. The van der Waals surface area contributed by atoms with Gasteiger partial charge in [0.15, 0.2) is 6.23 Å². The van der Waals surface area contributed by atoms with Gasteiger partial charge in [-0.2, -0.15) is 0 Å². The second-order valence-electron chi connectivity index (χ2n) is 3.16. The highest BCUT2D eigenvalue weighted by atomic mass is 16.3. The topological polar surface area (TPSA) is 58.3 Å². The molecule has 0 amide bonds. The van der Waals surface area contributed by atoms with Crippen LogP contribution in [0.4, 0.5) is 0 Å². The minimum absolute atomic E-state index is 0.593. The van der Waals surface area contributed by atoms with Gasteiger partial charge < -0.3 is 9.59 Å². The fourth-order valence-electron chi connectivity index (χ4n) is 1.48. The van der Waals surface area contributed by atoms with Crippen LogP contribution in [-0.4, -0.2) is 42.0 Å². The molecule has 74 valence electrons. The summed E-state index contributed by atoms with van der Waals surface area (Å²) in [6.07, 6.45) is -0.593. The quantitative estimate of drug-likeness (QED) is 0.224. The predicted molar refractivity (Wildman–Crippen MR) is 50.1 cm³/mol. The van der Waals surface area contributed by atoms with Crippen molar-refractivity contribution in [3.63, 3.8) is 0 Å². The fraction of sp³-hybridized carbons (Fsp3) is 1.00. The molecule has 4 heteroatoms. The van der Waals surface area contributed by atoms with Crippen LogP contribution >= 0.6 is 0 Å². The minimum atomic E-state index is -0.593. The van der Waals surface area contributed by atoms with Crippen molar-refractivity contribution in [3.05, 3.63) is 0 Å². The number of hydrogen-bond donors (Lipinski definition) is 3. The summed E-state index contributed by atoms with van der Waals surface area (Å²) >= 11 is 0. The van der Waals surface area contributed by atoms with Gasteiger partial charge in [0.25, 0.3) is 0 Å². The van der Waals surface area contributed by atoms with E-state index >= 15 is 0 Å². The van der Waals surface area contributed by atoms with Gasteiger partial charge in [-0.3, -0.25) is 5.84 Å². The lowest BCUT2D eigenvalue weighted by molar-refractivity contribution is -0.926. The Kier molecular flexibility index (Phi) is 5.41. The van der Waals surface area contributed by atoms with Crippen LogP contribution in [-0.2, 0) is 0 Å². The number of rotatable bonds is 6. The van der Waals surface area contributed by atoms with E-state index in [1.54, 1.807) is 0 Å². The van der Waals surface area contributed by atoms with Crippen molar-refractivity contribution in [1.82, 2.24) is 5.43 Å². The monoisotopic (exact) mass is 176 g/mol. The average molecular weight is 176 g/mol. The molecule has 0 heterocycles. The van der Waals surface area contributed by atoms with Crippen molar-refractivity contribution < 1.29 is 9.59 Å². The highest BCUT2D eigenvalue weighted by molar-refractivity contribution is 4.46. The number of quaternary nitrogens is 1. The Hall–Kier alpha value is -0.160. The molecular formula is C8H22N3O+. The first-order valence-electron chi connectivity index (χ1n) is 4.63. The molecule has 0 aliphatic rings. The van der Waals surface area contributed by atoms with Crippen molar-refractivity contribution in [2.45, 2.75) is 27.0 Å². The lowest BCUT2D eigenvalue weighted by Gasteiger charge is -2.37. The molecule has 4 N–H and O–H groups in total. The van der Waals surface area contributed by atoms with E-state index in [2.05, 4.69) is 26.2 Å². The molecule has 0 aromatic carbocycles. The number of likely N-dealkylation sites (N-methyl/N-ethyl adjacent to an activating group) is 1. The van der Waals surface area contributed by atoms with E-state index in [1.165, 1.54) is 0 Å². The Bertz CT molecular complexity index is 107. The molecule has 1 unspecified atom stereocenters. The van der Waals surface area contributed by atoms with Gasteiger partial charge in [0.2, 0.25) is 0 Å². The van der Waals surface area contributed by atoms with Crippen LogP contribution in [0.1, 0.15) is 20.8 Å². The van der Waals surface area contributed by atoms with Crippen LogP contribution in [0.3, 0.4) is 0 Å². The van der Waals surface area contributed by atoms with Crippen molar-refractivity contribution >= 4 is 0 Å². The van der Waals surface area contributed by atoms with E-state index < -0.39 is 6.23 Å². The van der Waals surface area contributed by atoms with E-state index in [9.17, 15) is 5.11 Å². The van der Waals surface area contributed by atoms with Crippen LogP contribution < -0.4 is 11.3 Å². The summed E-state index contributed by atoms with van der Waals surface area (Å²) in [4.78, 5) is 0. The predicted octanol–water partition coefficient (Wildman–Crippen LogP) is -0.355. The van der Waals surface area contributed by atoms with Crippen molar-refractivity contribution in [3.8, 4) is 0 Å². The Morgan fingerprint density at radius 2 is 1.67 bits per heavy atom. The highest BCUT2D eigenvalue weighted by Gasteiger charge is 2.23. The molecule has 1 atom stereocenters. The number of nitrogens with two attached hydrogens (primary N) is 1. The molecule has 0 saturated heterocycles. The number of nitrogens with one attached hydrogen (secondary N) is 1. The molecule has 0 aromatic rings. The van der Waals surface area contributed by atoms with Gasteiger partial charge in [-0.1, -0.05) is 0 Å². The van der Waals surface area contributed by atoms with Gasteiger partial charge in [0, 0.05) is 0 Å². The van der Waals surface area contributed by atoms with Gasteiger partial charge in [0.1, 0.15) is 6.54 Å². The molecule has 4 nitrogen and oxygen atoms in total. The van der Waals surface area contributed by atoms with Gasteiger partial charge in [-0.15, -0.1) is 0 Å². The third-order valence-corrected chi connectivity index (χ3v) is 2.77. The Morgan fingerprint density at radius 3 is 1.92 bits per heavy atom. The maximum atomic E-state index is 9.34. The number of hydrazine groups is 1. The maximum absolute atomic E-state index is 9.34. The van der Waals surface area contributed by atoms with Crippen molar-refractivity contribution in [1.29, 1.82) is 0 Å². The summed E-state index contributed by atoms with van der Waals surface area (Å²) in [5.41, 5.74) is 2.36. The average Bonchev–Trinajstić information content (AvgIpc) is 2.14. The largest absolute Gasteiger partial charge is 0.372 e. The second kappa shape index (κ2) is 5.48. The van der Waals surface area contributed by atoms with Gasteiger partial charge in [-0.25, -0.2) is 5.43 Å². The van der Waals surface area contributed by atoms with Gasteiger partial charge >= 0.3 is 0 Å². The fourth-order valence-corrected chi connectivity index (χ4v) is 1.48. The Labute approximate surface area is 74.9 Å². The molecule has 12 heavy (non-hydrogen) atoms. The summed E-state index contributed by atoms with van der Waals surface area (Å²) in [7, 11) is 0. The zero-order valence-electron chi connectivity index (χ0n) is 8.38. The van der Waals surface area contributed by atoms with Gasteiger partial charge in [-0.05, 0) is 20.8 Å². The summed E-state index contributed by atoms with van der Waals surface area (Å²) in [5, 5.41) is 9.34. The second-order valence-corrected chi connectivity index (χ2v) is 3.16. The van der Waals surface area contributed by atoms with Crippen molar-refractivity contribution in [2.24, 2.45) is 5.84 Å². The van der Waals surface area contributed by atoms with E-state index in [1.807, 2.05) is 0 Å². The molecule has 0 rings (SSSR count). The number of aliphatic hydroxyl groups excluding tert-OH is 1. The lowest BCUT2D eigenvalue weighted by atomic mass is 10.3. The third-order valence-electron chi connectivity index (χ3n) is 2.77. The normalized spacial score (nSPS) is 14.8. The van der Waals surface area contributed by atoms with Crippen LogP contribution in [0.5, 0.6) is 0 Å². The van der Waals surface area contributed by atoms with E-state index in [0.29, 0.717) is 6.54 Å². The Morgan fingerprint density at radius 1 is 1.25 bits per heavy atom. The molecule has 0 aromatic heterocycles. The Balaban J connectivity index is 4.09. The molecule has 0 fully saturated rings. The molecule has 0 aliphatic heterocycles. The lowest BCUT2D eigenvalue weighted by Crippen LogP contribution is -2.55. The zero-order chi connectivity index (χ0) is 9.61. The standard InChI is InChI=1S/C8H22N3O/c1-4-11(5-2,6-3)7-8(12)10-9/h8,10,12H,4-7,9H2,1-3H3/q+1. The molecule has 0 spiro atoms. The molecule has 0 bridgehead atoms. The summed E-state index contributed by atoms with van der Waals surface area (Å²) < 4.78 is 0.908. The molecule has 0 radical (unpaired) electrons. The van der Waals surface area contributed by atoms with Crippen LogP contribution in [0.15, 0.2) is 0 Å². The van der Waals surface area contributed by atoms with E-state index in [4.69, 9.17) is 5.84 Å². The zero-order valence-corrected chi connectivity index (χ0v) is 8.38. The van der Waals surface area contributed by atoms with Gasteiger partial charge in [0.05, 0.1) is 19.6 Å². The first-order chi connectivity index (χ1) is 5.64. The van der Waals surface area contributed by atoms with Crippen molar-refractivity contribution in [2.75, 3.05) is 26.2 Å². The number of aliphatic hydroxyl groups is 1. The smallest absolute Gasteiger partial charge is 0.166 e. The third kappa shape index (κ3) is 3.06. The first kappa shape index (κ1) is 11.8. The van der Waals surface area contributed by atoms with Crippen LogP contribution in [0.2, 0.25) is 0 Å². The molecule has 0 aliphatic carbocycles. The molecule has 0 saturated carbocycles. The van der Waals surface area contributed by atoms with E-state index in [0.717, 1.165) is 24.1 Å². The maximum Gasteiger partial charge on any atom is 0.166 e. The van der Waals surface area contributed by atoms with E-state index in [-0.39, 0.29) is 0 Å². The number of nitrogens with zero attached hydrogens (tertiary/aromatic N) is 1. The minimum Gasteiger partial charge on any atom is -0.372 e. The highest BCUT2D eigenvalue weighted by Crippen LogP contribution is 2.05. The van der Waals surface area contributed by atoms with Crippen LogP contribution in [0.25, 0.3) is 0 Å². The number of hydrogen-bond acceptors (Lipinski definition) is 3. The summed E-state index contributed by atoms with van der Waals surface area (Å²) in [6, 6.07) is 0. The summed E-state index contributed by atoms with van der Waals surface area (Å²) in [6.45, 7) is 10.2. The molecular weight excluding hydrogens is 154 g/mol. The first-order valence-corrected chi connectivity index (χ1v) is 4.63.